The average molecular weight is 243 g/mol. The van der Waals surface area contributed by atoms with Crippen molar-refractivity contribution in [3.63, 3.8) is 0 Å². The van der Waals surface area contributed by atoms with Gasteiger partial charge in [-0.05, 0) is 31.4 Å². The van der Waals surface area contributed by atoms with E-state index in [0.29, 0.717) is 11.3 Å². The van der Waals surface area contributed by atoms with Crippen molar-refractivity contribution < 1.29 is 4.79 Å². The molecule has 18 heavy (non-hydrogen) atoms. The topological polar surface area (TPSA) is 78.9 Å². The number of hydrogen-bond donors (Lipinski definition) is 2. The van der Waals surface area contributed by atoms with Gasteiger partial charge in [0.1, 0.15) is 6.07 Å². The Bertz CT molecular complexity index is 504. The highest BCUT2D eigenvalue weighted by molar-refractivity contribution is 5.94. The van der Waals surface area contributed by atoms with Gasteiger partial charge in [-0.15, -0.1) is 0 Å². The average Bonchev–Trinajstić information content (AvgIpc) is 2.76. The van der Waals surface area contributed by atoms with Crippen molar-refractivity contribution in [1.29, 1.82) is 5.26 Å². The van der Waals surface area contributed by atoms with Crippen molar-refractivity contribution in [1.82, 2.24) is 0 Å². The summed E-state index contributed by atoms with van der Waals surface area (Å²) in [5, 5.41) is 11.9. The second kappa shape index (κ2) is 5.19. The minimum absolute atomic E-state index is 0.0552. The molecule has 1 aliphatic carbocycles. The summed E-state index contributed by atoms with van der Waals surface area (Å²) in [4.78, 5) is 12.1. The van der Waals surface area contributed by atoms with Crippen molar-refractivity contribution in [3.05, 3.63) is 29.3 Å². The van der Waals surface area contributed by atoms with E-state index in [1.807, 2.05) is 19.1 Å². The molecule has 0 bridgehead atoms. The van der Waals surface area contributed by atoms with E-state index in [1.54, 1.807) is 6.07 Å². The quantitative estimate of drug-likeness (QED) is 0.833. The van der Waals surface area contributed by atoms with Crippen molar-refractivity contribution >= 4 is 11.6 Å². The monoisotopic (exact) mass is 243 g/mol. The fourth-order valence-corrected chi connectivity index (χ4v) is 2.46. The molecule has 0 saturated heterocycles. The van der Waals surface area contributed by atoms with Gasteiger partial charge in [0.05, 0.1) is 17.2 Å². The summed E-state index contributed by atoms with van der Waals surface area (Å²) in [7, 11) is 0. The first-order valence-corrected chi connectivity index (χ1v) is 6.19. The lowest BCUT2D eigenvalue weighted by Crippen LogP contribution is -2.34. The molecule has 0 aliphatic heterocycles. The summed E-state index contributed by atoms with van der Waals surface area (Å²) in [6.45, 7) is 1.86. The smallest absolute Gasteiger partial charge is 0.229 e. The number of hydrogen-bond acceptors (Lipinski definition) is 3. The molecule has 4 nitrogen and oxygen atoms in total. The third-order valence-corrected chi connectivity index (χ3v) is 3.55. The zero-order valence-corrected chi connectivity index (χ0v) is 10.4. The van der Waals surface area contributed by atoms with Crippen molar-refractivity contribution in [2.75, 3.05) is 5.32 Å². The van der Waals surface area contributed by atoms with Crippen LogP contribution in [0.25, 0.3) is 0 Å². The summed E-state index contributed by atoms with van der Waals surface area (Å²) in [6, 6.07) is 7.51. The van der Waals surface area contributed by atoms with E-state index in [-0.39, 0.29) is 17.9 Å². The zero-order valence-electron chi connectivity index (χ0n) is 10.4. The molecule has 1 fully saturated rings. The minimum Gasteiger partial charge on any atom is -0.327 e. The van der Waals surface area contributed by atoms with Gasteiger partial charge in [-0.1, -0.05) is 18.6 Å². The molecule has 2 rings (SSSR count). The second-order valence-electron chi connectivity index (χ2n) is 4.80. The zero-order chi connectivity index (χ0) is 13.1. The molecule has 4 heteroatoms. The first-order chi connectivity index (χ1) is 8.63. The van der Waals surface area contributed by atoms with Crippen molar-refractivity contribution in [3.8, 4) is 6.07 Å². The summed E-state index contributed by atoms with van der Waals surface area (Å²) >= 11 is 0. The van der Waals surface area contributed by atoms with Gasteiger partial charge in [0.25, 0.3) is 0 Å². The Hall–Kier alpha value is -1.86. The lowest BCUT2D eigenvalue weighted by atomic mass is 10.0. The van der Waals surface area contributed by atoms with Crippen LogP contribution < -0.4 is 11.1 Å². The van der Waals surface area contributed by atoms with Crippen molar-refractivity contribution in [2.24, 2.45) is 11.7 Å². The summed E-state index contributed by atoms with van der Waals surface area (Å²) < 4.78 is 0. The van der Waals surface area contributed by atoms with Gasteiger partial charge in [-0.25, -0.2) is 0 Å². The van der Waals surface area contributed by atoms with Crippen LogP contribution in [0.5, 0.6) is 0 Å². The molecule has 0 heterocycles. The van der Waals surface area contributed by atoms with E-state index < -0.39 is 0 Å². The molecule has 1 aromatic carbocycles. The molecule has 1 aliphatic rings. The van der Waals surface area contributed by atoms with Crippen LogP contribution in [0.2, 0.25) is 0 Å². The molecule has 3 N–H and O–H groups in total. The van der Waals surface area contributed by atoms with Gasteiger partial charge >= 0.3 is 0 Å². The first kappa shape index (κ1) is 12.6. The van der Waals surface area contributed by atoms with Crippen LogP contribution in [0.15, 0.2) is 18.2 Å². The maximum absolute atomic E-state index is 12.1. The number of aryl methyl sites for hydroxylation is 1. The highest BCUT2D eigenvalue weighted by Gasteiger charge is 2.30. The third kappa shape index (κ3) is 2.36. The molecular formula is C14H17N3O. The van der Waals surface area contributed by atoms with E-state index >= 15 is 0 Å². The summed E-state index contributed by atoms with van der Waals surface area (Å²) in [6.07, 6.45) is 2.73. The van der Waals surface area contributed by atoms with Gasteiger partial charge in [-0.3, -0.25) is 4.79 Å². The van der Waals surface area contributed by atoms with Gasteiger partial charge in [0, 0.05) is 6.04 Å². The predicted molar refractivity (Wildman–Crippen MR) is 69.8 cm³/mol. The van der Waals surface area contributed by atoms with Crippen LogP contribution in [0.4, 0.5) is 5.69 Å². The molecule has 94 valence electrons. The van der Waals surface area contributed by atoms with Gasteiger partial charge in [-0.2, -0.15) is 5.26 Å². The Morgan fingerprint density at radius 2 is 2.28 bits per heavy atom. The molecular weight excluding hydrogens is 226 g/mol. The number of nitrogens with zero attached hydrogens (tertiary/aromatic N) is 1. The van der Waals surface area contributed by atoms with Crippen LogP contribution >= 0.6 is 0 Å². The normalized spacial score (nSPS) is 22.5. The predicted octanol–water partition coefficient (Wildman–Crippen LogP) is 1.93. The highest BCUT2D eigenvalue weighted by Crippen LogP contribution is 2.26. The molecule has 1 amide bonds. The molecule has 0 radical (unpaired) electrons. The van der Waals surface area contributed by atoms with Gasteiger partial charge in [0.2, 0.25) is 5.91 Å². The maximum atomic E-state index is 12.1. The number of carbonyl (C=O) groups excluding carboxylic acids is 1. The third-order valence-electron chi connectivity index (χ3n) is 3.55. The molecule has 1 saturated carbocycles. The lowest BCUT2D eigenvalue weighted by Gasteiger charge is -2.16. The highest BCUT2D eigenvalue weighted by atomic mass is 16.1. The number of nitrogens with two attached hydrogens (primary N) is 1. The van der Waals surface area contributed by atoms with Gasteiger partial charge < -0.3 is 11.1 Å². The molecule has 2 atom stereocenters. The Labute approximate surface area is 107 Å². The van der Waals surface area contributed by atoms with Crippen LogP contribution in [0, 0.1) is 24.2 Å². The minimum atomic E-state index is -0.128. The number of carbonyl (C=O) groups is 1. The number of nitrogens with one attached hydrogen (secondary N) is 1. The second-order valence-corrected chi connectivity index (χ2v) is 4.80. The fraction of sp³-hybridized carbons (Fsp3) is 0.429. The lowest BCUT2D eigenvalue weighted by molar-refractivity contribution is -0.120. The standard InChI is InChI=1S/C14H17N3O/c1-9-4-2-7-13(11(9)8-15)17-14(18)10-5-3-6-12(10)16/h2,4,7,10,12H,3,5-6,16H2,1H3,(H,17,18). The Balaban J connectivity index is 2.17. The van der Waals surface area contributed by atoms with Crippen LogP contribution in [0.3, 0.4) is 0 Å². The number of anilines is 1. The number of nitriles is 1. The van der Waals surface area contributed by atoms with E-state index in [9.17, 15) is 4.79 Å². The Morgan fingerprint density at radius 3 is 2.89 bits per heavy atom. The molecule has 2 unspecified atom stereocenters. The fourth-order valence-electron chi connectivity index (χ4n) is 2.46. The SMILES string of the molecule is Cc1cccc(NC(=O)C2CCCC2N)c1C#N. The maximum Gasteiger partial charge on any atom is 0.229 e. The van der Waals surface area contributed by atoms with E-state index in [4.69, 9.17) is 11.0 Å². The number of rotatable bonds is 2. The molecule has 0 aromatic heterocycles. The van der Waals surface area contributed by atoms with Crippen LogP contribution in [-0.4, -0.2) is 11.9 Å². The van der Waals surface area contributed by atoms with Crippen LogP contribution in [-0.2, 0) is 4.79 Å². The largest absolute Gasteiger partial charge is 0.327 e. The van der Waals surface area contributed by atoms with E-state index in [2.05, 4.69) is 11.4 Å². The van der Waals surface area contributed by atoms with E-state index in [1.165, 1.54) is 0 Å². The van der Waals surface area contributed by atoms with Crippen molar-refractivity contribution in [2.45, 2.75) is 32.2 Å². The number of benzene rings is 1. The first-order valence-electron chi connectivity index (χ1n) is 6.19. The summed E-state index contributed by atoms with van der Waals surface area (Å²) in [5.41, 5.74) is 7.89. The number of amides is 1. The van der Waals surface area contributed by atoms with Gasteiger partial charge in [0.15, 0.2) is 0 Å². The molecule has 0 spiro atoms. The van der Waals surface area contributed by atoms with E-state index in [0.717, 1.165) is 24.8 Å². The van der Waals surface area contributed by atoms with Crippen LogP contribution in [0.1, 0.15) is 30.4 Å². The molecule has 1 aromatic rings. The Morgan fingerprint density at radius 1 is 1.50 bits per heavy atom. The Kier molecular flexibility index (Phi) is 3.63. The summed E-state index contributed by atoms with van der Waals surface area (Å²) in [5.74, 6) is -0.195.